The molecule has 6 heteroatoms. The fourth-order valence-electron chi connectivity index (χ4n) is 5.75. The van der Waals surface area contributed by atoms with Gasteiger partial charge in [-0.05, 0) is 82.8 Å². The molecule has 1 aliphatic rings. The van der Waals surface area contributed by atoms with Crippen molar-refractivity contribution < 1.29 is 9.53 Å². The van der Waals surface area contributed by atoms with Crippen molar-refractivity contribution in [3.8, 4) is 5.75 Å². The molecule has 1 atom stereocenters. The number of carbonyl (C=O) groups is 1. The van der Waals surface area contributed by atoms with Crippen LogP contribution >= 0.6 is 22.9 Å². The van der Waals surface area contributed by atoms with E-state index in [9.17, 15) is 4.79 Å². The largest absolute Gasteiger partial charge is 0.488 e. The third-order valence-corrected chi connectivity index (χ3v) is 9.69. The predicted molar refractivity (Wildman–Crippen MR) is 181 cm³/mol. The summed E-state index contributed by atoms with van der Waals surface area (Å²) in [4.78, 5) is 20.1. The Bertz CT molecular complexity index is 1790. The summed E-state index contributed by atoms with van der Waals surface area (Å²) in [6.07, 6.45) is 4.78. The lowest BCUT2D eigenvalue weighted by Gasteiger charge is -2.33. The molecule has 4 aromatic carbocycles. The summed E-state index contributed by atoms with van der Waals surface area (Å²) in [7, 11) is 0. The van der Waals surface area contributed by atoms with Crippen LogP contribution in [0.15, 0.2) is 96.0 Å². The van der Waals surface area contributed by atoms with Gasteiger partial charge >= 0.3 is 0 Å². The van der Waals surface area contributed by atoms with Crippen molar-refractivity contribution in [1.29, 1.82) is 0 Å². The van der Waals surface area contributed by atoms with Crippen molar-refractivity contribution in [2.24, 2.45) is 16.3 Å². The van der Waals surface area contributed by atoms with E-state index in [0.717, 1.165) is 63.2 Å². The minimum Gasteiger partial charge on any atom is -0.488 e. The Hall–Kier alpha value is -3.93. The molecule has 1 aromatic heterocycles. The Morgan fingerprint density at radius 1 is 1.00 bits per heavy atom. The smallest absolute Gasteiger partial charge is 0.259 e. The molecular weight excluding hydrogens is 572 g/mol. The number of anilines is 1. The average Bonchev–Trinajstić information content (AvgIpc) is 3.38. The van der Waals surface area contributed by atoms with Gasteiger partial charge in [0.05, 0.1) is 5.56 Å². The molecule has 1 N–H and O–H groups in total. The summed E-state index contributed by atoms with van der Waals surface area (Å²) >= 11 is 7.73. The molecule has 6 rings (SSSR count). The average molecular weight is 607 g/mol. The molecule has 4 nitrogen and oxygen atoms in total. The van der Waals surface area contributed by atoms with Gasteiger partial charge in [0.15, 0.2) is 0 Å². The minimum absolute atomic E-state index is 0.109. The van der Waals surface area contributed by atoms with Crippen molar-refractivity contribution in [3.63, 3.8) is 0 Å². The van der Waals surface area contributed by atoms with Crippen molar-refractivity contribution >= 4 is 56.5 Å². The second kappa shape index (κ2) is 12.4. The summed E-state index contributed by atoms with van der Waals surface area (Å²) in [5.41, 5.74) is 4.73. The Balaban J connectivity index is 1.39. The topological polar surface area (TPSA) is 50.7 Å². The fourth-order valence-corrected chi connectivity index (χ4v) is 7.14. The molecule has 0 fully saturated rings. The van der Waals surface area contributed by atoms with Crippen LogP contribution in [0.4, 0.5) is 10.7 Å². The number of halogens is 1. The number of nitrogens with one attached hydrogen (secondary N) is 1. The summed E-state index contributed by atoms with van der Waals surface area (Å²) in [5.74, 6) is 1.19. The van der Waals surface area contributed by atoms with E-state index in [1.54, 1.807) is 11.3 Å². The van der Waals surface area contributed by atoms with Crippen LogP contribution in [-0.2, 0) is 19.4 Å². The molecule has 0 unspecified atom stereocenters. The lowest BCUT2D eigenvalue weighted by Crippen LogP contribution is -2.27. The maximum atomic E-state index is 13.8. The van der Waals surface area contributed by atoms with E-state index in [1.165, 1.54) is 4.88 Å². The lowest BCUT2D eigenvalue weighted by molar-refractivity contribution is 0.102. The van der Waals surface area contributed by atoms with Crippen LogP contribution < -0.4 is 10.1 Å². The summed E-state index contributed by atoms with van der Waals surface area (Å²) in [6, 6.07) is 29.6. The number of ether oxygens (including phenoxy) is 1. The molecule has 1 heterocycles. The Kier molecular flexibility index (Phi) is 8.38. The number of hydrogen-bond acceptors (Lipinski definition) is 4. The summed E-state index contributed by atoms with van der Waals surface area (Å²) in [5, 5.41) is 6.70. The lowest BCUT2D eigenvalue weighted by atomic mass is 9.72. The van der Waals surface area contributed by atoms with Gasteiger partial charge < -0.3 is 10.1 Å². The highest BCUT2D eigenvalue weighted by atomic mass is 35.5. The van der Waals surface area contributed by atoms with Crippen molar-refractivity contribution in [2.75, 3.05) is 5.32 Å². The maximum Gasteiger partial charge on any atom is 0.259 e. The highest BCUT2D eigenvalue weighted by Gasteiger charge is 2.33. The van der Waals surface area contributed by atoms with Gasteiger partial charge in [-0.1, -0.05) is 93.0 Å². The molecule has 0 saturated carbocycles. The van der Waals surface area contributed by atoms with Crippen LogP contribution in [0.2, 0.25) is 5.02 Å². The molecule has 0 saturated heterocycles. The molecule has 0 aliphatic heterocycles. The van der Waals surface area contributed by atoms with E-state index in [0.29, 0.717) is 23.1 Å². The molecule has 5 aromatic rings. The van der Waals surface area contributed by atoms with Gasteiger partial charge in [-0.15, -0.1) is 11.3 Å². The van der Waals surface area contributed by atoms with E-state index in [4.69, 9.17) is 21.3 Å². The van der Waals surface area contributed by atoms with E-state index in [2.05, 4.69) is 44.3 Å². The third kappa shape index (κ3) is 6.53. The Labute approximate surface area is 262 Å². The van der Waals surface area contributed by atoms with Gasteiger partial charge in [0.25, 0.3) is 5.91 Å². The predicted octanol–water partition coefficient (Wildman–Crippen LogP) is 10.3. The first kappa shape index (κ1) is 29.2. The van der Waals surface area contributed by atoms with Crippen molar-refractivity contribution in [2.45, 2.75) is 46.6 Å². The standard InChI is InChI=1S/C37H35ClN2O2S/c1-37(2,3)26-16-19-30-33(21-26)43-36(34(30)35(41)40-28-10-5-4-6-11-28)39-22-31-29-12-8-7-9-25(29)15-20-32(31)42-23-24-13-17-27(38)18-14-24/h4-15,17-18,20,22,26H,16,19,21,23H2,1-3H3,(H,40,41)/t26-/m1/s1. The number of amides is 1. The maximum absolute atomic E-state index is 13.8. The number of hydrogen-bond donors (Lipinski definition) is 1. The van der Waals surface area contributed by atoms with Gasteiger partial charge in [-0.25, -0.2) is 4.99 Å². The second-order valence-electron chi connectivity index (χ2n) is 12.2. The SMILES string of the molecule is CC(C)(C)[C@@H]1CCc2c(sc(N=Cc3c(OCc4ccc(Cl)cc4)ccc4ccccc34)c2C(=O)Nc2ccccc2)C1. The van der Waals surface area contributed by atoms with Crippen LogP contribution in [-0.4, -0.2) is 12.1 Å². The van der Waals surface area contributed by atoms with Gasteiger partial charge in [0, 0.05) is 27.4 Å². The van der Waals surface area contributed by atoms with Gasteiger partial charge in [0.1, 0.15) is 17.4 Å². The molecule has 0 bridgehead atoms. The first-order valence-corrected chi connectivity index (χ1v) is 15.9. The van der Waals surface area contributed by atoms with Crippen LogP contribution in [0.25, 0.3) is 10.8 Å². The number of nitrogens with zero attached hydrogens (tertiary/aromatic N) is 1. The number of carbonyl (C=O) groups excluding carboxylic acids is 1. The molecule has 218 valence electrons. The zero-order valence-electron chi connectivity index (χ0n) is 24.7. The quantitative estimate of drug-likeness (QED) is 0.187. The van der Waals surface area contributed by atoms with Gasteiger partial charge in [-0.3, -0.25) is 4.79 Å². The summed E-state index contributed by atoms with van der Waals surface area (Å²) < 4.78 is 6.34. The van der Waals surface area contributed by atoms with E-state index < -0.39 is 0 Å². The van der Waals surface area contributed by atoms with E-state index in [-0.39, 0.29) is 11.3 Å². The highest BCUT2D eigenvalue weighted by molar-refractivity contribution is 7.16. The van der Waals surface area contributed by atoms with Crippen LogP contribution in [0, 0.1) is 11.3 Å². The van der Waals surface area contributed by atoms with Crippen LogP contribution in [0.1, 0.15) is 59.1 Å². The van der Waals surface area contributed by atoms with E-state index >= 15 is 0 Å². The van der Waals surface area contributed by atoms with Crippen molar-refractivity contribution in [1.82, 2.24) is 0 Å². The van der Waals surface area contributed by atoms with Crippen LogP contribution in [0.5, 0.6) is 5.75 Å². The number of aliphatic imine (C=N–C) groups is 1. The summed E-state index contributed by atoms with van der Waals surface area (Å²) in [6.45, 7) is 7.34. The fraction of sp³-hybridized carbons (Fsp3) is 0.243. The first-order valence-electron chi connectivity index (χ1n) is 14.7. The number of rotatable bonds is 7. The zero-order chi connectivity index (χ0) is 30.0. The second-order valence-corrected chi connectivity index (χ2v) is 13.7. The molecule has 0 radical (unpaired) electrons. The Morgan fingerprint density at radius 2 is 1.74 bits per heavy atom. The minimum atomic E-state index is -0.109. The normalized spacial score (nSPS) is 15.0. The number of fused-ring (bicyclic) bond motifs is 2. The molecule has 1 amide bonds. The Morgan fingerprint density at radius 3 is 2.51 bits per heavy atom. The first-order chi connectivity index (χ1) is 20.8. The monoisotopic (exact) mass is 606 g/mol. The van der Waals surface area contributed by atoms with Gasteiger partial charge in [-0.2, -0.15) is 0 Å². The molecule has 43 heavy (non-hydrogen) atoms. The molecule has 0 spiro atoms. The number of thiophene rings is 1. The molecule has 1 aliphatic carbocycles. The number of benzene rings is 4. The van der Waals surface area contributed by atoms with E-state index in [1.807, 2.05) is 79.0 Å². The molecular formula is C37H35ClN2O2S. The van der Waals surface area contributed by atoms with Crippen LogP contribution in [0.3, 0.4) is 0 Å². The van der Waals surface area contributed by atoms with Crippen molar-refractivity contribution in [3.05, 3.63) is 123 Å². The third-order valence-electron chi connectivity index (χ3n) is 8.28. The zero-order valence-corrected chi connectivity index (χ0v) is 26.3. The number of para-hydroxylation sites is 1. The van der Waals surface area contributed by atoms with Gasteiger partial charge in [0.2, 0.25) is 0 Å². The highest BCUT2D eigenvalue weighted by Crippen LogP contribution is 2.45.